The van der Waals surface area contributed by atoms with E-state index in [0.29, 0.717) is 34.8 Å². The van der Waals surface area contributed by atoms with Crippen LogP contribution in [0, 0.1) is 11.2 Å². The first-order chi connectivity index (χ1) is 19.8. The van der Waals surface area contributed by atoms with Crippen LogP contribution in [0.15, 0.2) is 65.8 Å². The van der Waals surface area contributed by atoms with Crippen LogP contribution in [0.5, 0.6) is 5.75 Å². The third kappa shape index (κ3) is 8.42. The van der Waals surface area contributed by atoms with Gasteiger partial charge in [-0.05, 0) is 53.8 Å². The summed E-state index contributed by atoms with van der Waals surface area (Å²) in [5.74, 6) is -1.48. The highest BCUT2D eigenvalue weighted by molar-refractivity contribution is 6.33. The maximum absolute atomic E-state index is 15.2. The summed E-state index contributed by atoms with van der Waals surface area (Å²) in [7, 11) is 4.48. The van der Waals surface area contributed by atoms with Crippen LogP contribution in [0.1, 0.15) is 49.2 Å². The zero-order chi connectivity index (χ0) is 31.0. The lowest BCUT2D eigenvalue weighted by molar-refractivity contribution is 0.0656. The van der Waals surface area contributed by atoms with Gasteiger partial charge >= 0.3 is 6.09 Å². The van der Waals surface area contributed by atoms with E-state index in [1.807, 2.05) is 6.07 Å². The van der Waals surface area contributed by atoms with E-state index in [4.69, 9.17) is 26.8 Å². The lowest BCUT2D eigenvalue weighted by Gasteiger charge is -2.32. The van der Waals surface area contributed by atoms with E-state index >= 15 is 4.39 Å². The summed E-state index contributed by atoms with van der Waals surface area (Å²) < 4.78 is 25.9. The number of hydrogen-bond acceptors (Lipinski definition) is 6. The van der Waals surface area contributed by atoms with E-state index in [0.717, 1.165) is 11.0 Å². The molecule has 3 rings (SSSR count). The zero-order valence-corrected chi connectivity index (χ0v) is 25.5. The number of halogens is 2. The van der Waals surface area contributed by atoms with Gasteiger partial charge in [-0.15, -0.1) is 0 Å². The Morgan fingerprint density at radius 2 is 1.86 bits per heavy atom. The standard InChI is InChI=1S/C31H37ClFN5O4/c1-31(2,3)14-16-36-29(34)38(28(39)22-12-11-21(41-6)18-25(22)33)27(19-42-30(40)37(4)5)20-10-13-24(32)23(17-20)26-9-7-8-15-35-26/h7-13,15,17-18,27H,14,16,19H2,1-6H3,(H2,34,36)/t27-/m1/s1. The quantitative estimate of drug-likeness (QED) is 0.233. The molecule has 1 atom stereocenters. The molecule has 3 aromatic rings. The molecular weight excluding hydrogens is 561 g/mol. The summed E-state index contributed by atoms with van der Waals surface area (Å²) in [6.45, 7) is 6.19. The molecule has 9 nitrogen and oxygen atoms in total. The molecular formula is C31H37ClFN5O4. The molecule has 0 aliphatic carbocycles. The molecule has 0 aliphatic rings. The Morgan fingerprint density at radius 1 is 1.12 bits per heavy atom. The van der Waals surface area contributed by atoms with Crippen LogP contribution in [0.4, 0.5) is 9.18 Å². The topological polar surface area (TPSA) is 110 Å². The van der Waals surface area contributed by atoms with Crippen LogP contribution in [-0.2, 0) is 4.74 Å². The van der Waals surface area contributed by atoms with Crippen molar-refractivity contribution in [3.05, 3.63) is 82.8 Å². The van der Waals surface area contributed by atoms with Gasteiger partial charge < -0.3 is 20.1 Å². The van der Waals surface area contributed by atoms with Crippen LogP contribution >= 0.6 is 11.6 Å². The summed E-state index contributed by atoms with van der Waals surface area (Å²) in [6, 6.07) is 13.4. The number of nitrogens with two attached hydrogens (primary N) is 1. The molecule has 0 bridgehead atoms. The molecule has 1 heterocycles. The summed E-state index contributed by atoms with van der Waals surface area (Å²) in [4.78, 5) is 37.9. The minimum absolute atomic E-state index is 0.0465. The van der Waals surface area contributed by atoms with E-state index in [1.54, 1.807) is 36.5 Å². The number of ether oxygens (including phenoxy) is 2. The molecule has 42 heavy (non-hydrogen) atoms. The van der Waals surface area contributed by atoms with Gasteiger partial charge in [0.25, 0.3) is 5.91 Å². The molecule has 11 heteroatoms. The molecule has 0 saturated carbocycles. The predicted octanol–water partition coefficient (Wildman–Crippen LogP) is 6.18. The van der Waals surface area contributed by atoms with Crippen molar-refractivity contribution in [2.24, 2.45) is 16.1 Å². The van der Waals surface area contributed by atoms with Crippen molar-refractivity contribution in [2.75, 3.05) is 34.4 Å². The minimum Gasteiger partial charge on any atom is -0.497 e. The molecule has 0 unspecified atom stereocenters. The Balaban J connectivity index is 2.19. The Morgan fingerprint density at radius 3 is 2.45 bits per heavy atom. The largest absolute Gasteiger partial charge is 0.497 e. The number of rotatable bonds is 9. The average molecular weight is 598 g/mol. The summed E-state index contributed by atoms with van der Waals surface area (Å²) in [6.07, 6.45) is 1.68. The molecule has 0 radical (unpaired) electrons. The number of nitrogens with zero attached hydrogens (tertiary/aromatic N) is 4. The van der Waals surface area contributed by atoms with Gasteiger partial charge in [0.15, 0.2) is 5.96 Å². The Hall–Kier alpha value is -4.18. The molecule has 224 valence electrons. The van der Waals surface area contributed by atoms with Gasteiger partial charge in [0.1, 0.15) is 18.2 Å². The molecule has 0 fully saturated rings. The third-order valence-electron chi connectivity index (χ3n) is 6.37. The maximum atomic E-state index is 15.2. The van der Waals surface area contributed by atoms with E-state index in [-0.39, 0.29) is 29.3 Å². The SMILES string of the molecule is COc1ccc(C(=O)N(C(N)=NCCC(C)(C)C)[C@H](COC(=O)N(C)C)c2ccc(Cl)c(-c3ccccn3)c2)c(F)c1. The molecule has 0 saturated heterocycles. The number of methoxy groups -OCH3 is 1. The fourth-order valence-corrected chi connectivity index (χ4v) is 4.20. The molecule has 0 spiro atoms. The van der Waals surface area contributed by atoms with Crippen LogP contribution in [0.25, 0.3) is 11.3 Å². The van der Waals surface area contributed by atoms with Crippen molar-refractivity contribution in [2.45, 2.75) is 33.2 Å². The van der Waals surface area contributed by atoms with Gasteiger partial charge in [0, 0.05) is 43.5 Å². The summed E-state index contributed by atoms with van der Waals surface area (Å²) in [5, 5.41) is 0.423. The fraction of sp³-hybridized carbons (Fsp3) is 0.355. The minimum atomic E-state index is -0.999. The van der Waals surface area contributed by atoms with E-state index in [1.165, 1.54) is 38.2 Å². The number of carbonyl (C=O) groups is 2. The predicted molar refractivity (Wildman–Crippen MR) is 162 cm³/mol. The van der Waals surface area contributed by atoms with Crippen LogP contribution < -0.4 is 10.5 Å². The van der Waals surface area contributed by atoms with Crippen molar-refractivity contribution in [3.63, 3.8) is 0 Å². The number of aromatic nitrogens is 1. The molecule has 2 amide bonds. The number of carbonyl (C=O) groups excluding carboxylic acids is 2. The van der Waals surface area contributed by atoms with Gasteiger partial charge in [-0.25, -0.2) is 9.18 Å². The molecule has 2 N–H and O–H groups in total. The number of aliphatic imine (C=N–C) groups is 1. The number of guanidine groups is 1. The van der Waals surface area contributed by atoms with Crippen LogP contribution in [0.3, 0.4) is 0 Å². The van der Waals surface area contributed by atoms with Gasteiger partial charge in [-0.1, -0.05) is 44.5 Å². The van der Waals surface area contributed by atoms with Gasteiger partial charge in [-0.2, -0.15) is 0 Å². The highest BCUT2D eigenvalue weighted by Gasteiger charge is 2.33. The average Bonchev–Trinajstić information content (AvgIpc) is 2.94. The summed E-state index contributed by atoms with van der Waals surface area (Å²) in [5.41, 5.74) is 7.89. The first-order valence-electron chi connectivity index (χ1n) is 13.3. The van der Waals surface area contributed by atoms with E-state index in [9.17, 15) is 9.59 Å². The normalized spacial score (nSPS) is 12.4. The van der Waals surface area contributed by atoms with Crippen LogP contribution in [0.2, 0.25) is 5.02 Å². The smallest absolute Gasteiger partial charge is 0.409 e. The Labute approximate surface area is 251 Å². The van der Waals surface area contributed by atoms with Crippen molar-refractivity contribution < 1.29 is 23.5 Å². The molecule has 2 aromatic carbocycles. The first-order valence-corrected chi connectivity index (χ1v) is 13.7. The third-order valence-corrected chi connectivity index (χ3v) is 6.70. The van der Waals surface area contributed by atoms with Crippen molar-refractivity contribution in [1.29, 1.82) is 0 Å². The maximum Gasteiger partial charge on any atom is 0.409 e. The monoisotopic (exact) mass is 597 g/mol. The van der Waals surface area contributed by atoms with Crippen LogP contribution in [-0.4, -0.2) is 67.1 Å². The zero-order valence-electron chi connectivity index (χ0n) is 24.7. The lowest BCUT2D eigenvalue weighted by Crippen LogP contribution is -2.47. The number of pyridine rings is 1. The first kappa shape index (κ1) is 32.3. The fourth-order valence-electron chi connectivity index (χ4n) is 3.98. The van der Waals surface area contributed by atoms with Crippen molar-refractivity contribution >= 4 is 29.6 Å². The number of benzene rings is 2. The van der Waals surface area contributed by atoms with E-state index in [2.05, 4.69) is 30.7 Å². The van der Waals surface area contributed by atoms with Gasteiger partial charge in [0.05, 0.1) is 24.4 Å². The second-order valence-corrected chi connectivity index (χ2v) is 11.4. The van der Waals surface area contributed by atoms with Gasteiger partial charge in [0.2, 0.25) is 0 Å². The second kappa shape index (κ2) is 14.1. The number of amides is 2. The van der Waals surface area contributed by atoms with E-state index < -0.39 is 23.9 Å². The Bertz CT molecular complexity index is 1430. The summed E-state index contributed by atoms with van der Waals surface area (Å²) >= 11 is 6.54. The van der Waals surface area contributed by atoms with Gasteiger partial charge in [-0.3, -0.25) is 19.7 Å². The van der Waals surface area contributed by atoms with Crippen molar-refractivity contribution in [1.82, 2.24) is 14.8 Å². The highest BCUT2D eigenvalue weighted by atomic mass is 35.5. The second-order valence-electron chi connectivity index (χ2n) is 11.0. The highest BCUT2D eigenvalue weighted by Crippen LogP contribution is 2.33. The van der Waals surface area contributed by atoms with Crippen molar-refractivity contribution in [3.8, 4) is 17.0 Å². The molecule has 1 aromatic heterocycles. The number of hydrogen-bond donors (Lipinski definition) is 1. The Kier molecular flexibility index (Phi) is 10.9. The molecule has 0 aliphatic heterocycles. The lowest BCUT2D eigenvalue weighted by atomic mass is 9.92.